The predicted octanol–water partition coefficient (Wildman–Crippen LogP) is 2.49. The summed E-state index contributed by atoms with van der Waals surface area (Å²) in [4.78, 5) is 21.1. The van der Waals surface area contributed by atoms with E-state index >= 15 is 0 Å². The third kappa shape index (κ3) is 4.83. The van der Waals surface area contributed by atoms with Gasteiger partial charge in [0.05, 0.1) is 19.0 Å². The number of methoxy groups -OCH3 is 1. The van der Waals surface area contributed by atoms with E-state index in [1.54, 1.807) is 19.4 Å². The molecular formula is C20H24N4O2. The highest BCUT2D eigenvalue weighted by atomic mass is 16.5. The average Bonchev–Trinajstić information content (AvgIpc) is 2.68. The molecule has 1 N–H and O–H groups in total. The number of hydrogen-bond donors (Lipinski definition) is 1. The van der Waals surface area contributed by atoms with E-state index in [1.165, 1.54) is 6.08 Å². The Morgan fingerprint density at radius 3 is 2.69 bits per heavy atom. The molecule has 2 aromatic rings. The Hall–Kier alpha value is -2.86. The molecule has 1 amide bonds. The minimum atomic E-state index is -0.193. The highest BCUT2D eigenvalue weighted by molar-refractivity contribution is 6.01. The van der Waals surface area contributed by atoms with Gasteiger partial charge in [0.15, 0.2) is 0 Å². The first kappa shape index (κ1) is 17.9. The van der Waals surface area contributed by atoms with Crippen molar-refractivity contribution in [2.45, 2.75) is 0 Å². The van der Waals surface area contributed by atoms with Gasteiger partial charge in [0.25, 0.3) is 0 Å². The van der Waals surface area contributed by atoms with E-state index in [1.807, 2.05) is 36.4 Å². The van der Waals surface area contributed by atoms with Crippen LogP contribution >= 0.6 is 0 Å². The molecule has 1 aromatic heterocycles. The second kappa shape index (κ2) is 8.49. The third-order valence-electron chi connectivity index (χ3n) is 4.36. The summed E-state index contributed by atoms with van der Waals surface area (Å²) in [6, 6.07) is 11.4. The standard InChI is InChI=1S/C20H24N4O2/c1-23-10-12-24(13-11-23)19-8-7-17(15-21-19)22-20(25)9-6-16-4-3-5-18(14-16)26-2/h3-9,14-15H,10-13H2,1-2H3,(H,22,25)/b9-6+. The fraction of sp³-hybridized carbons (Fsp3) is 0.300. The second-order valence-corrected chi connectivity index (χ2v) is 6.29. The number of nitrogens with one attached hydrogen (secondary N) is 1. The lowest BCUT2D eigenvalue weighted by Crippen LogP contribution is -2.44. The number of nitrogens with zero attached hydrogens (tertiary/aromatic N) is 3. The van der Waals surface area contributed by atoms with E-state index in [-0.39, 0.29) is 5.91 Å². The molecule has 0 bridgehead atoms. The molecule has 2 heterocycles. The van der Waals surface area contributed by atoms with Crippen LogP contribution in [0.4, 0.5) is 11.5 Å². The van der Waals surface area contributed by atoms with Gasteiger partial charge in [-0.15, -0.1) is 0 Å². The Morgan fingerprint density at radius 2 is 2.00 bits per heavy atom. The molecule has 0 radical (unpaired) electrons. The van der Waals surface area contributed by atoms with Crippen LogP contribution in [0.5, 0.6) is 5.75 Å². The molecule has 3 rings (SSSR count). The van der Waals surface area contributed by atoms with Crippen molar-refractivity contribution in [1.82, 2.24) is 9.88 Å². The van der Waals surface area contributed by atoms with E-state index in [0.29, 0.717) is 5.69 Å². The van der Waals surface area contributed by atoms with Gasteiger partial charge in [-0.3, -0.25) is 4.79 Å². The highest BCUT2D eigenvalue weighted by Crippen LogP contribution is 2.16. The lowest BCUT2D eigenvalue weighted by molar-refractivity contribution is -0.111. The topological polar surface area (TPSA) is 57.7 Å². The van der Waals surface area contributed by atoms with Gasteiger partial charge >= 0.3 is 0 Å². The van der Waals surface area contributed by atoms with Crippen molar-refractivity contribution in [2.24, 2.45) is 0 Å². The molecule has 1 aromatic carbocycles. The zero-order valence-electron chi connectivity index (χ0n) is 15.2. The number of piperazine rings is 1. The second-order valence-electron chi connectivity index (χ2n) is 6.29. The Balaban J connectivity index is 1.56. The molecule has 1 saturated heterocycles. The summed E-state index contributed by atoms with van der Waals surface area (Å²) in [6.07, 6.45) is 4.96. The molecule has 0 unspecified atom stereocenters. The van der Waals surface area contributed by atoms with Crippen LogP contribution in [-0.4, -0.2) is 56.1 Å². The van der Waals surface area contributed by atoms with Gasteiger partial charge in [-0.05, 0) is 43.0 Å². The average molecular weight is 352 g/mol. The van der Waals surface area contributed by atoms with Crippen LogP contribution in [0.25, 0.3) is 6.08 Å². The number of amides is 1. The van der Waals surface area contributed by atoms with Crippen LogP contribution in [0.1, 0.15) is 5.56 Å². The summed E-state index contributed by atoms with van der Waals surface area (Å²) >= 11 is 0. The number of rotatable bonds is 5. The van der Waals surface area contributed by atoms with E-state index in [0.717, 1.165) is 43.3 Å². The molecule has 6 nitrogen and oxygen atoms in total. The van der Waals surface area contributed by atoms with Crippen LogP contribution < -0.4 is 15.0 Å². The van der Waals surface area contributed by atoms with Gasteiger partial charge in [-0.1, -0.05) is 12.1 Å². The molecule has 0 spiro atoms. The summed E-state index contributed by atoms with van der Waals surface area (Å²) in [5.74, 6) is 1.52. The number of carbonyl (C=O) groups excluding carboxylic acids is 1. The van der Waals surface area contributed by atoms with Crippen LogP contribution in [-0.2, 0) is 4.79 Å². The highest BCUT2D eigenvalue weighted by Gasteiger charge is 2.14. The number of pyridine rings is 1. The van der Waals surface area contributed by atoms with Gasteiger partial charge in [-0.2, -0.15) is 0 Å². The predicted molar refractivity (Wildman–Crippen MR) is 105 cm³/mol. The molecule has 136 valence electrons. The van der Waals surface area contributed by atoms with Crippen molar-refractivity contribution < 1.29 is 9.53 Å². The minimum absolute atomic E-state index is 0.193. The maximum Gasteiger partial charge on any atom is 0.248 e. The first-order valence-electron chi connectivity index (χ1n) is 8.67. The number of ether oxygens (including phenoxy) is 1. The van der Waals surface area contributed by atoms with Gasteiger partial charge in [-0.25, -0.2) is 4.98 Å². The van der Waals surface area contributed by atoms with E-state index in [2.05, 4.69) is 27.1 Å². The van der Waals surface area contributed by atoms with Gasteiger partial charge in [0.2, 0.25) is 5.91 Å². The molecule has 1 fully saturated rings. The third-order valence-corrected chi connectivity index (χ3v) is 4.36. The summed E-state index contributed by atoms with van der Waals surface area (Å²) < 4.78 is 5.18. The molecule has 1 aliphatic rings. The number of carbonyl (C=O) groups is 1. The monoisotopic (exact) mass is 352 g/mol. The molecule has 6 heteroatoms. The van der Waals surface area contributed by atoms with Gasteiger partial charge in [0, 0.05) is 32.3 Å². The summed E-state index contributed by atoms with van der Waals surface area (Å²) in [5, 5.41) is 2.83. The van der Waals surface area contributed by atoms with Crippen molar-refractivity contribution in [2.75, 3.05) is 50.6 Å². The zero-order chi connectivity index (χ0) is 18.4. The summed E-state index contributed by atoms with van der Waals surface area (Å²) in [6.45, 7) is 4.02. The van der Waals surface area contributed by atoms with Crippen LogP contribution in [0, 0.1) is 0 Å². The summed E-state index contributed by atoms with van der Waals surface area (Å²) in [5.41, 5.74) is 1.59. The van der Waals surface area contributed by atoms with Gasteiger partial charge in [0.1, 0.15) is 11.6 Å². The van der Waals surface area contributed by atoms with Crippen LogP contribution in [0.2, 0.25) is 0 Å². The molecule has 26 heavy (non-hydrogen) atoms. The number of aromatic nitrogens is 1. The fourth-order valence-electron chi connectivity index (χ4n) is 2.78. The van der Waals surface area contributed by atoms with Crippen molar-refractivity contribution in [3.05, 3.63) is 54.2 Å². The Bertz CT molecular complexity index is 766. The minimum Gasteiger partial charge on any atom is -0.497 e. The Labute approximate surface area is 154 Å². The first-order valence-corrected chi connectivity index (χ1v) is 8.67. The number of likely N-dealkylation sites (N-methyl/N-ethyl adjacent to an activating group) is 1. The van der Waals surface area contributed by atoms with Crippen LogP contribution in [0.3, 0.4) is 0 Å². The maximum absolute atomic E-state index is 12.1. The quantitative estimate of drug-likeness (QED) is 0.838. The smallest absolute Gasteiger partial charge is 0.248 e. The SMILES string of the molecule is COc1cccc(/C=C/C(=O)Nc2ccc(N3CCN(C)CC3)nc2)c1. The van der Waals surface area contributed by atoms with Crippen molar-refractivity contribution in [3.8, 4) is 5.75 Å². The van der Waals surface area contributed by atoms with Crippen molar-refractivity contribution in [3.63, 3.8) is 0 Å². The molecule has 0 aliphatic carbocycles. The van der Waals surface area contributed by atoms with E-state index < -0.39 is 0 Å². The lowest BCUT2D eigenvalue weighted by Gasteiger charge is -2.33. The number of anilines is 2. The van der Waals surface area contributed by atoms with Gasteiger partial charge < -0.3 is 19.9 Å². The number of hydrogen-bond acceptors (Lipinski definition) is 5. The molecule has 0 atom stereocenters. The first-order chi connectivity index (χ1) is 12.6. The van der Waals surface area contributed by atoms with Crippen molar-refractivity contribution in [1.29, 1.82) is 0 Å². The summed E-state index contributed by atoms with van der Waals surface area (Å²) in [7, 11) is 3.75. The lowest BCUT2D eigenvalue weighted by atomic mass is 10.2. The number of benzene rings is 1. The zero-order valence-corrected chi connectivity index (χ0v) is 15.2. The van der Waals surface area contributed by atoms with Crippen molar-refractivity contribution >= 4 is 23.5 Å². The fourth-order valence-corrected chi connectivity index (χ4v) is 2.78. The maximum atomic E-state index is 12.1. The molecular weight excluding hydrogens is 328 g/mol. The largest absolute Gasteiger partial charge is 0.497 e. The Kier molecular flexibility index (Phi) is 5.86. The normalized spacial score (nSPS) is 15.2. The molecule has 1 aliphatic heterocycles. The Morgan fingerprint density at radius 1 is 1.19 bits per heavy atom. The van der Waals surface area contributed by atoms with E-state index in [9.17, 15) is 4.79 Å². The molecule has 0 saturated carbocycles. The van der Waals surface area contributed by atoms with E-state index in [4.69, 9.17) is 4.74 Å². The van der Waals surface area contributed by atoms with Crippen LogP contribution in [0.15, 0.2) is 48.7 Å².